The molecule has 2 aromatic heterocycles. The molecule has 49 heavy (non-hydrogen) atoms. The van der Waals surface area contributed by atoms with E-state index in [0.717, 1.165) is 37.7 Å². The number of likely N-dealkylation sites (tertiary alicyclic amines) is 1. The molecule has 258 valence electrons. The highest BCUT2D eigenvalue weighted by atomic mass is 32.2. The number of ether oxygens (including phenoxy) is 2. The van der Waals surface area contributed by atoms with Crippen molar-refractivity contribution in [1.82, 2.24) is 19.9 Å². The Balaban J connectivity index is 1.12. The third kappa shape index (κ3) is 7.26. The van der Waals surface area contributed by atoms with Gasteiger partial charge in [0, 0.05) is 42.3 Å². The molecule has 2 N–H and O–H groups in total. The summed E-state index contributed by atoms with van der Waals surface area (Å²) in [6.07, 6.45) is 7.65. The Hall–Kier alpha value is -4.52. The van der Waals surface area contributed by atoms with Crippen LogP contribution in [0.3, 0.4) is 0 Å². The van der Waals surface area contributed by atoms with Gasteiger partial charge < -0.3 is 19.7 Å². The number of nitrogens with zero attached hydrogens (tertiary/aromatic N) is 4. The standard InChI is InChI=1S/C36H41FN6O5S/c1-22-9-10-25-26(11-12-28(37)30(25)42-49(45,46)21-23-19-36(23)14-15-36)31(22)47-32-27(8-5-16-38-32)29-13-17-39-33(41-29)40-24-7-6-18-43(20-24)34(44)48-35(2,3)4/h5,8-13,16-17,23-24,42H,6-7,14-15,18-21H2,1-4H3,(H,39,40,41)/t23-,24?/m0/s1. The summed E-state index contributed by atoms with van der Waals surface area (Å²) in [5.41, 5.74) is 1.47. The van der Waals surface area contributed by atoms with Gasteiger partial charge in [-0.3, -0.25) is 4.72 Å². The van der Waals surface area contributed by atoms with Crippen LogP contribution >= 0.6 is 0 Å². The molecule has 1 saturated heterocycles. The van der Waals surface area contributed by atoms with Gasteiger partial charge in [-0.15, -0.1) is 0 Å². The number of rotatable bonds is 9. The summed E-state index contributed by atoms with van der Waals surface area (Å²) < 4.78 is 56.0. The van der Waals surface area contributed by atoms with Gasteiger partial charge in [-0.05, 0) is 107 Å². The van der Waals surface area contributed by atoms with Gasteiger partial charge in [0.15, 0.2) is 0 Å². The van der Waals surface area contributed by atoms with Gasteiger partial charge in [-0.2, -0.15) is 0 Å². The number of aryl methyl sites for hydroxylation is 1. The lowest BCUT2D eigenvalue weighted by Crippen LogP contribution is -2.47. The van der Waals surface area contributed by atoms with Crippen LogP contribution in [0.25, 0.3) is 22.0 Å². The fourth-order valence-corrected chi connectivity index (χ4v) is 8.32. The number of pyridine rings is 1. The van der Waals surface area contributed by atoms with Crippen LogP contribution in [0, 0.1) is 24.1 Å². The van der Waals surface area contributed by atoms with Crippen molar-refractivity contribution in [1.29, 1.82) is 0 Å². The Labute approximate surface area is 285 Å². The van der Waals surface area contributed by atoms with Gasteiger partial charge in [0.25, 0.3) is 0 Å². The molecular formula is C36H41FN6O5S. The van der Waals surface area contributed by atoms with Crippen LogP contribution in [-0.2, 0) is 14.8 Å². The van der Waals surface area contributed by atoms with E-state index >= 15 is 4.39 Å². The topological polar surface area (TPSA) is 136 Å². The van der Waals surface area contributed by atoms with Crippen LogP contribution in [-0.4, -0.2) is 64.8 Å². The zero-order valence-electron chi connectivity index (χ0n) is 28.1. The summed E-state index contributed by atoms with van der Waals surface area (Å²) in [7, 11) is -3.76. The quantitative estimate of drug-likeness (QED) is 0.186. The average molecular weight is 689 g/mol. The molecule has 3 aliphatic rings. The van der Waals surface area contributed by atoms with Crippen LogP contribution < -0.4 is 14.8 Å². The van der Waals surface area contributed by atoms with Crippen molar-refractivity contribution < 1.29 is 27.1 Å². The molecule has 1 unspecified atom stereocenters. The minimum absolute atomic E-state index is 0.00609. The van der Waals surface area contributed by atoms with Crippen molar-refractivity contribution in [3.8, 4) is 22.9 Å². The number of fused-ring (bicyclic) bond motifs is 1. The van der Waals surface area contributed by atoms with E-state index in [1.54, 1.807) is 47.6 Å². The minimum atomic E-state index is -3.76. The summed E-state index contributed by atoms with van der Waals surface area (Å²) in [6, 6.07) is 11.6. The highest BCUT2D eigenvalue weighted by molar-refractivity contribution is 7.92. The van der Waals surface area contributed by atoms with Gasteiger partial charge >= 0.3 is 6.09 Å². The Morgan fingerprint density at radius 1 is 1.08 bits per heavy atom. The number of carbonyl (C=O) groups excluding carboxylic acids is 1. The molecule has 0 radical (unpaired) electrons. The maximum atomic E-state index is 15.2. The number of piperidine rings is 1. The first kappa shape index (κ1) is 33.0. The van der Waals surface area contributed by atoms with Crippen LogP contribution in [0.4, 0.5) is 20.8 Å². The number of benzene rings is 2. The van der Waals surface area contributed by atoms with E-state index in [1.807, 2.05) is 33.8 Å². The van der Waals surface area contributed by atoms with E-state index in [9.17, 15) is 13.2 Å². The summed E-state index contributed by atoms with van der Waals surface area (Å²) in [6.45, 7) is 8.50. The summed E-state index contributed by atoms with van der Waals surface area (Å²) in [5.74, 6) is 0.568. The molecule has 1 spiro atoms. The molecule has 7 rings (SSSR count). The highest BCUT2D eigenvalue weighted by Crippen LogP contribution is 2.70. The van der Waals surface area contributed by atoms with Crippen molar-refractivity contribution in [2.75, 3.05) is 28.9 Å². The van der Waals surface area contributed by atoms with E-state index in [1.165, 1.54) is 6.07 Å². The molecule has 1 amide bonds. The van der Waals surface area contributed by atoms with Gasteiger partial charge in [-0.1, -0.05) is 12.1 Å². The molecule has 2 aliphatic carbocycles. The van der Waals surface area contributed by atoms with Crippen LogP contribution in [0.2, 0.25) is 0 Å². The predicted octanol–water partition coefficient (Wildman–Crippen LogP) is 7.28. The monoisotopic (exact) mass is 688 g/mol. The number of hydrogen-bond donors (Lipinski definition) is 2. The van der Waals surface area contributed by atoms with E-state index in [0.29, 0.717) is 46.8 Å². The normalized spacial score (nSPS) is 19.8. The smallest absolute Gasteiger partial charge is 0.410 e. The van der Waals surface area contributed by atoms with E-state index in [-0.39, 0.29) is 40.8 Å². The Kier molecular flexibility index (Phi) is 8.36. The first-order valence-corrected chi connectivity index (χ1v) is 18.4. The minimum Gasteiger partial charge on any atom is -0.444 e. The molecule has 2 aromatic carbocycles. The third-order valence-electron chi connectivity index (χ3n) is 9.53. The first-order valence-electron chi connectivity index (χ1n) is 16.7. The number of halogens is 1. The van der Waals surface area contributed by atoms with Crippen molar-refractivity contribution in [2.24, 2.45) is 11.3 Å². The Bertz CT molecular complexity index is 2030. The summed E-state index contributed by atoms with van der Waals surface area (Å²) in [5, 5.41) is 4.30. The molecule has 2 atom stereocenters. The van der Waals surface area contributed by atoms with Crippen molar-refractivity contribution in [3.05, 3.63) is 66.2 Å². The second-order valence-corrected chi connectivity index (χ2v) is 16.3. The van der Waals surface area contributed by atoms with Crippen molar-refractivity contribution in [2.45, 2.75) is 71.4 Å². The van der Waals surface area contributed by atoms with Crippen LogP contribution in [0.5, 0.6) is 11.6 Å². The number of nitrogens with one attached hydrogen (secondary N) is 2. The number of hydrogen-bond acceptors (Lipinski definition) is 9. The zero-order chi connectivity index (χ0) is 34.6. The summed E-state index contributed by atoms with van der Waals surface area (Å²) in [4.78, 5) is 28.1. The van der Waals surface area contributed by atoms with Gasteiger partial charge in [-0.25, -0.2) is 32.6 Å². The molecule has 1 aliphatic heterocycles. The lowest BCUT2D eigenvalue weighted by atomic mass is 10.0. The summed E-state index contributed by atoms with van der Waals surface area (Å²) >= 11 is 0. The van der Waals surface area contributed by atoms with Gasteiger partial charge in [0.2, 0.25) is 21.9 Å². The number of sulfonamides is 1. The second kappa shape index (κ2) is 12.4. The van der Waals surface area contributed by atoms with E-state index in [4.69, 9.17) is 14.5 Å². The third-order valence-corrected chi connectivity index (χ3v) is 10.9. The number of anilines is 2. The highest BCUT2D eigenvalue weighted by Gasteiger charge is 2.63. The Morgan fingerprint density at radius 2 is 1.88 bits per heavy atom. The second-order valence-electron chi connectivity index (χ2n) is 14.5. The van der Waals surface area contributed by atoms with Crippen molar-refractivity contribution in [3.63, 3.8) is 0 Å². The van der Waals surface area contributed by atoms with E-state index in [2.05, 4.69) is 20.0 Å². The molecule has 2 saturated carbocycles. The molecule has 3 fully saturated rings. The molecule has 4 aromatic rings. The number of amides is 1. The van der Waals surface area contributed by atoms with Gasteiger partial charge in [0.1, 0.15) is 17.2 Å². The molecule has 0 bridgehead atoms. The largest absolute Gasteiger partial charge is 0.444 e. The fourth-order valence-electron chi connectivity index (χ4n) is 6.71. The molecule has 11 nitrogen and oxygen atoms in total. The lowest BCUT2D eigenvalue weighted by molar-refractivity contribution is 0.0206. The zero-order valence-corrected chi connectivity index (χ0v) is 28.9. The SMILES string of the molecule is Cc1ccc2c(NS(=O)(=O)C[C@@H]3CC34CC4)c(F)ccc2c1Oc1ncccc1-c1ccnc(NC2CCCN(C(=O)OC(C)(C)C)C2)n1. The van der Waals surface area contributed by atoms with E-state index < -0.39 is 21.4 Å². The maximum absolute atomic E-state index is 15.2. The molecule has 13 heteroatoms. The molecular weight excluding hydrogens is 647 g/mol. The lowest BCUT2D eigenvalue weighted by Gasteiger charge is -2.34. The molecule has 3 heterocycles. The maximum Gasteiger partial charge on any atom is 0.410 e. The van der Waals surface area contributed by atoms with Crippen LogP contribution in [0.1, 0.15) is 58.4 Å². The first-order chi connectivity index (χ1) is 23.3. The predicted molar refractivity (Wildman–Crippen MR) is 186 cm³/mol. The van der Waals surface area contributed by atoms with Crippen LogP contribution in [0.15, 0.2) is 54.9 Å². The fraction of sp³-hybridized carbons (Fsp3) is 0.444. The Morgan fingerprint density at radius 3 is 2.63 bits per heavy atom. The van der Waals surface area contributed by atoms with Gasteiger partial charge in [0.05, 0.1) is 22.7 Å². The average Bonchev–Trinajstić information content (AvgIpc) is 3.97. The number of aromatic nitrogens is 3. The number of carbonyl (C=O) groups is 1. The van der Waals surface area contributed by atoms with Crippen molar-refractivity contribution >= 4 is 38.5 Å².